The molecule has 3 amide bonds. The van der Waals surface area contributed by atoms with Gasteiger partial charge in [-0.3, -0.25) is 14.4 Å². The van der Waals surface area contributed by atoms with Crippen LogP contribution >= 0.6 is 0 Å². The van der Waals surface area contributed by atoms with Crippen LogP contribution < -0.4 is 15.4 Å². The van der Waals surface area contributed by atoms with Gasteiger partial charge in [0.15, 0.2) is 0 Å². The molecule has 2 bridgehead atoms. The predicted octanol–water partition coefficient (Wildman–Crippen LogP) is 4.20. The fourth-order valence-corrected chi connectivity index (χ4v) is 7.85. The first-order valence-electron chi connectivity index (χ1n) is 14.9. The SMILES string of the molecule is COc1cccc(NC(=O)[C@H]2[C@H]3C=C[C@@]4(O3)[C@H]2C(=O)N(C2CCCCCC2)[C@@H]4C(=O)N[C@@H]2CCCC[C@@H]2C)c1. The summed E-state index contributed by atoms with van der Waals surface area (Å²) in [6, 6.07) is 6.51. The van der Waals surface area contributed by atoms with E-state index in [1.54, 1.807) is 19.2 Å². The van der Waals surface area contributed by atoms with Crippen LogP contribution in [0.3, 0.4) is 0 Å². The number of methoxy groups -OCH3 is 1. The number of rotatable bonds is 6. The van der Waals surface area contributed by atoms with Crippen LogP contribution in [0.25, 0.3) is 0 Å². The Hall–Kier alpha value is -2.87. The smallest absolute Gasteiger partial charge is 0.246 e. The quantitative estimate of drug-likeness (QED) is 0.420. The van der Waals surface area contributed by atoms with Gasteiger partial charge in [-0.1, -0.05) is 63.7 Å². The molecule has 39 heavy (non-hydrogen) atoms. The van der Waals surface area contributed by atoms with Crippen molar-refractivity contribution in [2.75, 3.05) is 12.4 Å². The molecule has 2 aliphatic carbocycles. The standard InChI is InChI=1S/C31H41N3O5/c1-19-10-7-8-15-23(19)33-29(36)27-31-17-16-24(39-31)25(28(35)32-20-11-9-14-22(18-20)38-2)26(31)30(37)34(27)21-12-5-3-4-6-13-21/h9,11,14,16-19,21,23-27H,3-8,10,12-13,15H2,1-2H3,(H,32,35)(H,33,36)/t19-,23+,24+,25-,26+,27+,31+/m0/s1. The van der Waals surface area contributed by atoms with E-state index in [-0.39, 0.29) is 29.8 Å². The molecule has 2 saturated carbocycles. The van der Waals surface area contributed by atoms with Gasteiger partial charge < -0.3 is 25.0 Å². The number of benzene rings is 1. The maximum Gasteiger partial charge on any atom is 0.246 e. The van der Waals surface area contributed by atoms with Crippen molar-refractivity contribution in [2.24, 2.45) is 17.8 Å². The molecule has 8 nitrogen and oxygen atoms in total. The number of carbonyl (C=O) groups is 3. The Morgan fingerprint density at radius 1 is 1.03 bits per heavy atom. The number of hydrogen-bond donors (Lipinski definition) is 2. The van der Waals surface area contributed by atoms with Crippen LogP contribution in [-0.4, -0.2) is 59.6 Å². The first-order chi connectivity index (χ1) is 18.9. The molecule has 1 aromatic rings. The molecule has 3 aliphatic heterocycles. The zero-order valence-electron chi connectivity index (χ0n) is 23.1. The van der Waals surface area contributed by atoms with E-state index in [4.69, 9.17) is 9.47 Å². The first kappa shape index (κ1) is 26.4. The maximum atomic E-state index is 14.4. The number of carbonyl (C=O) groups excluding carboxylic acids is 3. The highest BCUT2D eigenvalue weighted by Gasteiger charge is 2.73. The van der Waals surface area contributed by atoms with Crippen molar-refractivity contribution < 1.29 is 23.9 Å². The first-order valence-corrected chi connectivity index (χ1v) is 14.9. The van der Waals surface area contributed by atoms with Gasteiger partial charge in [-0.05, 0) is 43.7 Å². The van der Waals surface area contributed by atoms with E-state index in [2.05, 4.69) is 17.6 Å². The van der Waals surface area contributed by atoms with Crippen molar-refractivity contribution in [1.29, 1.82) is 0 Å². The number of amides is 3. The normalized spacial score (nSPS) is 35.9. The number of anilines is 1. The number of nitrogens with one attached hydrogen (secondary N) is 2. The van der Waals surface area contributed by atoms with Crippen molar-refractivity contribution in [2.45, 2.75) is 101 Å². The average molecular weight is 536 g/mol. The van der Waals surface area contributed by atoms with Gasteiger partial charge >= 0.3 is 0 Å². The summed E-state index contributed by atoms with van der Waals surface area (Å²) in [6.45, 7) is 2.20. The van der Waals surface area contributed by atoms with Gasteiger partial charge in [0.2, 0.25) is 17.7 Å². The number of ether oxygens (including phenoxy) is 2. The fourth-order valence-electron chi connectivity index (χ4n) is 7.85. The topological polar surface area (TPSA) is 97.0 Å². The van der Waals surface area contributed by atoms with Gasteiger partial charge in [0.1, 0.15) is 17.4 Å². The molecule has 1 spiro atoms. The van der Waals surface area contributed by atoms with Crippen LogP contribution in [0.4, 0.5) is 5.69 Å². The van der Waals surface area contributed by atoms with Gasteiger partial charge in [-0.15, -0.1) is 0 Å². The van der Waals surface area contributed by atoms with Crippen molar-refractivity contribution in [3.63, 3.8) is 0 Å². The van der Waals surface area contributed by atoms with Crippen molar-refractivity contribution in [1.82, 2.24) is 10.2 Å². The van der Waals surface area contributed by atoms with Crippen LogP contribution in [0, 0.1) is 17.8 Å². The molecular formula is C31H41N3O5. The van der Waals surface area contributed by atoms with Gasteiger partial charge in [-0.2, -0.15) is 0 Å². The summed E-state index contributed by atoms with van der Waals surface area (Å²) < 4.78 is 11.9. The van der Waals surface area contributed by atoms with Crippen LogP contribution in [0.15, 0.2) is 36.4 Å². The van der Waals surface area contributed by atoms with E-state index in [0.29, 0.717) is 17.4 Å². The molecule has 2 N–H and O–H groups in total. The molecular weight excluding hydrogens is 494 g/mol. The summed E-state index contributed by atoms with van der Waals surface area (Å²) >= 11 is 0. The third-order valence-electron chi connectivity index (χ3n) is 9.86. The van der Waals surface area contributed by atoms with Crippen molar-refractivity contribution in [3.05, 3.63) is 36.4 Å². The van der Waals surface area contributed by atoms with E-state index in [1.165, 1.54) is 6.42 Å². The summed E-state index contributed by atoms with van der Waals surface area (Å²) in [7, 11) is 1.58. The van der Waals surface area contributed by atoms with E-state index < -0.39 is 29.6 Å². The van der Waals surface area contributed by atoms with Crippen molar-refractivity contribution in [3.8, 4) is 5.75 Å². The second kappa shape index (κ2) is 10.6. The Balaban J connectivity index is 1.32. The molecule has 4 fully saturated rings. The molecule has 2 saturated heterocycles. The third-order valence-corrected chi connectivity index (χ3v) is 9.86. The molecule has 5 aliphatic rings. The Labute approximate surface area is 230 Å². The van der Waals surface area contributed by atoms with Crippen LogP contribution in [0.2, 0.25) is 0 Å². The highest BCUT2D eigenvalue weighted by Crippen LogP contribution is 2.56. The Bertz CT molecular complexity index is 1140. The van der Waals surface area contributed by atoms with Crippen LogP contribution in [0.1, 0.15) is 71.1 Å². The molecule has 210 valence electrons. The number of nitrogens with zero attached hydrogens (tertiary/aromatic N) is 1. The Morgan fingerprint density at radius 3 is 2.51 bits per heavy atom. The van der Waals surface area contributed by atoms with Gasteiger partial charge in [0.25, 0.3) is 0 Å². The third kappa shape index (κ3) is 4.54. The summed E-state index contributed by atoms with van der Waals surface area (Å²) in [5, 5.41) is 6.33. The molecule has 0 radical (unpaired) electrons. The minimum absolute atomic E-state index is 0.0161. The largest absolute Gasteiger partial charge is 0.497 e. The summed E-state index contributed by atoms with van der Waals surface area (Å²) in [5.74, 6) is -0.894. The van der Waals surface area contributed by atoms with Crippen LogP contribution in [-0.2, 0) is 19.1 Å². The monoisotopic (exact) mass is 535 g/mol. The molecule has 7 atom stereocenters. The van der Waals surface area contributed by atoms with Crippen molar-refractivity contribution >= 4 is 23.4 Å². The average Bonchev–Trinajstić information content (AvgIpc) is 3.48. The lowest BCUT2D eigenvalue weighted by Gasteiger charge is -2.38. The van der Waals surface area contributed by atoms with Gasteiger partial charge in [-0.25, -0.2) is 0 Å². The van der Waals surface area contributed by atoms with E-state index in [0.717, 1.165) is 57.8 Å². The highest BCUT2D eigenvalue weighted by molar-refractivity contribution is 6.03. The van der Waals surface area contributed by atoms with Crippen LogP contribution in [0.5, 0.6) is 5.75 Å². The zero-order chi connectivity index (χ0) is 27.1. The summed E-state index contributed by atoms with van der Waals surface area (Å²) in [5.41, 5.74) is -0.515. The predicted molar refractivity (Wildman–Crippen MR) is 147 cm³/mol. The van der Waals surface area contributed by atoms with Gasteiger partial charge in [0, 0.05) is 23.8 Å². The highest BCUT2D eigenvalue weighted by atomic mass is 16.5. The second-order valence-electron chi connectivity index (χ2n) is 12.2. The lowest BCUT2D eigenvalue weighted by Crippen LogP contribution is -2.59. The van der Waals surface area contributed by atoms with Gasteiger partial charge in [0.05, 0.1) is 25.0 Å². The molecule has 0 aromatic heterocycles. The summed E-state index contributed by atoms with van der Waals surface area (Å²) in [4.78, 5) is 44.1. The van der Waals surface area contributed by atoms with E-state index in [9.17, 15) is 14.4 Å². The molecule has 0 unspecified atom stereocenters. The Kier molecular flexibility index (Phi) is 7.16. The zero-order valence-corrected chi connectivity index (χ0v) is 23.1. The second-order valence-corrected chi connectivity index (χ2v) is 12.2. The lowest BCUT2D eigenvalue weighted by molar-refractivity contribution is -0.144. The molecule has 3 heterocycles. The van der Waals surface area contributed by atoms with E-state index >= 15 is 0 Å². The number of fused-ring (bicyclic) bond motifs is 1. The Morgan fingerprint density at radius 2 is 1.77 bits per heavy atom. The minimum atomic E-state index is -1.12. The maximum absolute atomic E-state index is 14.4. The number of likely N-dealkylation sites (tertiary alicyclic amines) is 1. The lowest BCUT2D eigenvalue weighted by atomic mass is 9.74. The fraction of sp³-hybridized carbons (Fsp3) is 0.645. The molecule has 1 aromatic carbocycles. The molecule has 8 heteroatoms. The molecule has 6 rings (SSSR count). The van der Waals surface area contributed by atoms with E-state index in [1.807, 2.05) is 29.2 Å². The summed E-state index contributed by atoms with van der Waals surface area (Å²) in [6.07, 6.45) is 13.7. The minimum Gasteiger partial charge on any atom is -0.497 e. The number of hydrogen-bond acceptors (Lipinski definition) is 5.